The molecule has 11 heteroatoms. The van der Waals surface area contributed by atoms with Gasteiger partial charge in [0.15, 0.2) is 5.82 Å². The van der Waals surface area contributed by atoms with Gasteiger partial charge in [-0.15, -0.1) is 5.10 Å². The van der Waals surface area contributed by atoms with Crippen molar-refractivity contribution in [1.82, 2.24) is 9.19 Å². The Hall–Kier alpha value is -3.24. The van der Waals surface area contributed by atoms with Gasteiger partial charge < -0.3 is 9.80 Å². The molecule has 0 atom stereocenters. The van der Waals surface area contributed by atoms with Crippen LogP contribution >= 0.6 is 11.6 Å². The van der Waals surface area contributed by atoms with Crippen LogP contribution in [0.1, 0.15) is 18.4 Å². The van der Waals surface area contributed by atoms with Crippen molar-refractivity contribution in [3.8, 4) is 0 Å². The first-order chi connectivity index (χ1) is 17.6. The van der Waals surface area contributed by atoms with Crippen LogP contribution in [0.25, 0.3) is 10.9 Å². The third-order valence-electron chi connectivity index (χ3n) is 7.18. The molecule has 2 heterocycles. The van der Waals surface area contributed by atoms with Crippen molar-refractivity contribution in [3.05, 3.63) is 82.6 Å². The summed E-state index contributed by atoms with van der Waals surface area (Å²) >= 11 is 6.47. The lowest BCUT2D eigenvalue weighted by atomic mass is 10.1. The zero-order chi connectivity index (χ0) is 26.1. The van der Waals surface area contributed by atoms with E-state index in [0.29, 0.717) is 24.3 Å². The number of nitrogens with zero attached hydrogens (tertiary/aromatic N) is 4. The van der Waals surface area contributed by atoms with Crippen molar-refractivity contribution in [2.24, 2.45) is 0 Å². The third-order valence-corrected chi connectivity index (χ3v) is 9.08. The van der Waals surface area contributed by atoms with Crippen LogP contribution in [-0.4, -0.2) is 42.8 Å². The van der Waals surface area contributed by atoms with Crippen LogP contribution in [0, 0.1) is 24.4 Å². The van der Waals surface area contributed by atoms with Crippen LogP contribution in [-0.2, 0) is 10.0 Å². The molecule has 4 aromatic rings. The van der Waals surface area contributed by atoms with E-state index < -0.39 is 33.0 Å². The fraction of sp³-hybridized carbons (Fsp3) is 0.269. The van der Waals surface area contributed by atoms with E-state index in [1.165, 1.54) is 30.3 Å². The van der Waals surface area contributed by atoms with E-state index in [9.17, 15) is 21.6 Å². The van der Waals surface area contributed by atoms with E-state index in [1.54, 1.807) is 17.0 Å². The Morgan fingerprint density at radius 2 is 1.65 bits per heavy atom. The number of aromatic nitrogens is 2. The molecule has 6 rings (SSSR count). The molecule has 1 aliphatic heterocycles. The van der Waals surface area contributed by atoms with Gasteiger partial charge in [0.2, 0.25) is 0 Å². The first-order valence-corrected chi connectivity index (χ1v) is 13.6. The second kappa shape index (κ2) is 8.39. The topological polar surface area (TPSA) is 58.4 Å². The Kier molecular flexibility index (Phi) is 5.47. The lowest BCUT2D eigenvalue weighted by Gasteiger charge is -2.43. The first kappa shape index (κ1) is 24.1. The fourth-order valence-corrected chi connectivity index (χ4v) is 6.72. The zero-order valence-electron chi connectivity index (χ0n) is 19.8. The molecular formula is C26H22ClF3N4O2S. The van der Waals surface area contributed by atoms with E-state index in [2.05, 4.69) is 5.10 Å². The number of anilines is 2. The number of fused-ring (bicyclic) bond motifs is 1. The van der Waals surface area contributed by atoms with Gasteiger partial charge in [0.1, 0.15) is 23.1 Å². The van der Waals surface area contributed by atoms with Crippen LogP contribution in [0.3, 0.4) is 0 Å². The smallest absolute Gasteiger partial charge is 0.283 e. The van der Waals surface area contributed by atoms with E-state index in [0.717, 1.165) is 34.6 Å². The van der Waals surface area contributed by atoms with Crippen LogP contribution < -0.4 is 9.80 Å². The van der Waals surface area contributed by atoms with E-state index in [-0.39, 0.29) is 27.7 Å². The van der Waals surface area contributed by atoms with Gasteiger partial charge in [-0.2, -0.15) is 12.5 Å². The van der Waals surface area contributed by atoms with Crippen molar-refractivity contribution in [3.63, 3.8) is 0 Å². The third kappa shape index (κ3) is 3.85. The second-order valence-corrected chi connectivity index (χ2v) is 11.8. The number of piperazine rings is 1. The summed E-state index contributed by atoms with van der Waals surface area (Å²) in [7, 11) is -4.17. The minimum absolute atomic E-state index is 0.00964. The lowest BCUT2D eigenvalue weighted by Crippen LogP contribution is -2.56. The first-order valence-electron chi connectivity index (χ1n) is 11.8. The molecule has 3 aromatic carbocycles. The van der Waals surface area contributed by atoms with Gasteiger partial charge in [0.25, 0.3) is 10.0 Å². The minimum atomic E-state index is -4.17. The zero-order valence-corrected chi connectivity index (χ0v) is 21.3. The molecule has 0 bridgehead atoms. The standard InChI is InChI=1S/C26H22ClF3N4O2S/c1-16-5-7-18(8-6-16)37(35,36)34-22-14-17(28)13-19(27)23(22)25(31-34)33-12-11-32(15-26(33)9-10-26)24-20(29)3-2-4-21(24)30/h2-8,13-14H,9-12,15H2,1H3. The molecule has 1 aliphatic carbocycles. The number of para-hydroxylation sites is 1. The van der Waals surface area contributed by atoms with Gasteiger partial charge in [-0.3, -0.25) is 0 Å². The van der Waals surface area contributed by atoms with Gasteiger partial charge in [-0.1, -0.05) is 35.4 Å². The van der Waals surface area contributed by atoms with E-state index in [1.807, 2.05) is 11.8 Å². The summed E-state index contributed by atoms with van der Waals surface area (Å²) in [5, 5.41) is 4.84. The van der Waals surface area contributed by atoms with Gasteiger partial charge >= 0.3 is 0 Å². The van der Waals surface area contributed by atoms with Gasteiger partial charge in [0.05, 0.1) is 26.4 Å². The quantitative estimate of drug-likeness (QED) is 0.338. The van der Waals surface area contributed by atoms with Gasteiger partial charge in [-0.05, 0) is 50.1 Å². The SMILES string of the molecule is Cc1ccc(S(=O)(=O)n2nc(N3CCN(c4c(F)cccc4F)CC34CC4)c3c(Cl)cc(F)cc32)cc1. The molecule has 1 aromatic heterocycles. The number of benzene rings is 3. The number of halogens is 4. The molecule has 0 amide bonds. The predicted molar refractivity (Wildman–Crippen MR) is 136 cm³/mol. The number of aryl methyl sites for hydroxylation is 1. The van der Waals surface area contributed by atoms with Crippen molar-refractivity contribution in [2.45, 2.75) is 30.2 Å². The van der Waals surface area contributed by atoms with Crippen molar-refractivity contribution < 1.29 is 21.6 Å². The molecule has 2 fully saturated rings. The Labute approximate surface area is 216 Å². The number of hydrogen-bond donors (Lipinski definition) is 0. The molecule has 6 nitrogen and oxygen atoms in total. The van der Waals surface area contributed by atoms with Crippen molar-refractivity contribution in [2.75, 3.05) is 29.4 Å². The summed E-state index contributed by atoms with van der Waals surface area (Å²) in [6, 6.07) is 12.3. The van der Waals surface area contributed by atoms with Crippen LogP contribution in [0.15, 0.2) is 59.5 Å². The van der Waals surface area contributed by atoms with Gasteiger partial charge in [-0.25, -0.2) is 13.2 Å². The summed E-state index contributed by atoms with van der Waals surface area (Å²) < 4.78 is 71.5. The maximum absolute atomic E-state index is 14.5. The Bertz CT molecular complexity index is 1630. The molecule has 0 unspecified atom stereocenters. The minimum Gasteiger partial charge on any atom is -0.363 e. The molecule has 0 N–H and O–H groups in total. The summed E-state index contributed by atoms with van der Waals surface area (Å²) in [6.07, 6.45) is 1.44. The lowest BCUT2D eigenvalue weighted by molar-refractivity contribution is 0.486. The van der Waals surface area contributed by atoms with E-state index >= 15 is 0 Å². The summed E-state index contributed by atoms with van der Waals surface area (Å²) in [5.74, 6) is -1.66. The Balaban J connectivity index is 1.46. The summed E-state index contributed by atoms with van der Waals surface area (Å²) in [4.78, 5) is 3.64. The van der Waals surface area contributed by atoms with Crippen molar-refractivity contribution in [1.29, 1.82) is 0 Å². The Morgan fingerprint density at radius 1 is 0.973 bits per heavy atom. The number of rotatable bonds is 4. The maximum Gasteiger partial charge on any atom is 0.283 e. The molecule has 2 aliphatic rings. The fourth-order valence-electron chi connectivity index (χ4n) is 5.17. The highest BCUT2D eigenvalue weighted by molar-refractivity contribution is 7.90. The molecule has 1 spiro atoms. The molecule has 192 valence electrons. The van der Waals surface area contributed by atoms with Gasteiger partial charge in [0, 0.05) is 25.7 Å². The average molecular weight is 547 g/mol. The second-order valence-electron chi connectivity index (χ2n) is 9.63. The highest BCUT2D eigenvalue weighted by Gasteiger charge is 2.53. The molecule has 0 radical (unpaired) electrons. The van der Waals surface area contributed by atoms with Crippen LogP contribution in [0.2, 0.25) is 5.02 Å². The predicted octanol–water partition coefficient (Wildman–Crippen LogP) is 5.51. The highest BCUT2D eigenvalue weighted by Crippen LogP contribution is 2.49. The average Bonchev–Trinajstić information content (AvgIpc) is 3.48. The monoisotopic (exact) mass is 546 g/mol. The van der Waals surface area contributed by atoms with Crippen LogP contribution in [0.4, 0.5) is 24.7 Å². The molecule has 1 saturated carbocycles. The van der Waals surface area contributed by atoms with E-state index in [4.69, 9.17) is 11.6 Å². The largest absolute Gasteiger partial charge is 0.363 e. The summed E-state index contributed by atoms with van der Waals surface area (Å²) in [6.45, 7) is 2.76. The molecule has 1 saturated heterocycles. The van der Waals surface area contributed by atoms with Crippen LogP contribution in [0.5, 0.6) is 0 Å². The molecule has 37 heavy (non-hydrogen) atoms. The maximum atomic E-state index is 14.5. The normalized spacial score (nSPS) is 17.1. The number of hydrogen-bond acceptors (Lipinski definition) is 5. The highest BCUT2D eigenvalue weighted by atomic mass is 35.5. The summed E-state index contributed by atoms with van der Waals surface area (Å²) in [5.41, 5.74) is 0.327. The Morgan fingerprint density at radius 3 is 2.30 bits per heavy atom. The molecular weight excluding hydrogens is 525 g/mol. The van der Waals surface area contributed by atoms with Crippen molar-refractivity contribution >= 4 is 44.0 Å².